The average Bonchev–Trinajstić information content (AvgIpc) is 3.23. The Hall–Kier alpha value is -7.72. The first-order valence-electron chi connectivity index (χ1n) is 17.2. The molecule has 10 nitrogen and oxygen atoms in total. The third kappa shape index (κ3) is 10.6. The first-order chi connectivity index (χ1) is 26.7. The lowest BCUT2D eigenvalue weighted by molar-refractivity contribution is 0.482. The van der Waals surface area contributed by atoms with Crippen molar-refractivity contribution in [1.82, 2.24) is 19.9 Å². The number of hydrogen-bond donors (Lipinski definition) is 4. The third-order valence-corrected chi connectivity index (χ3v) is 7.64. The maximum atomic E-state index is 5.90. The average molecular weight is 709 g/mol. The molecule has 4 aromatic carbocycles. The van der Waals surface area contributed by atoms with Crippen LogP contribution in [0, 0.1) is 0 Å². The Balaban J connectivity index is 0.000000167. The summed E-state index contributed by atoms with van der Waals surface area (Å²) in [4.78, 5) is 17.0. The van der Waals surface area contributed by atoms with Gasteiger partial charge in [-0.05, 0) is 146 Å². The van der Waals surface area contributed by atoms with Crippen LogP contribution in [0.15, 0.2) is 195 Å². The van der Waals surface area contributed by atoms with E-state index in [-0.39, 0.29) is 0 Å². The standard InChI is InChI=1S/2C22H18N4O/c2*1-3-15-23-21(5-1)25-17-7-11-19(12-8-17)27-20-13-9-18(10-14-20)26-22-6-2-4-16-24-22/h2*1-16H,(H,23,25)(H,24,26). The zero-order valence-corrected chi connectivity index (χ0v) is 29.1. The second-order valence-electron chi connectivity index (χ2n) is 11.7. The molecule has 0 spiro atoms. The molecule has 0 saturated carbocycles. The van der Waals surface area contributed by atoms with Crippen LogP contribution in [0.4, 0.5) is 46.0 Å². The van der Waals surface area contributed by atoms with E-state index >= 15 is 0 Å². The van der Waals surface area contributed by atoms with Crippen molar-refractivity contribution in [3.05, 3.63) is 195 Å². The van der Waals surface area contributed by atoms with Gasteiger partial charge in [-0.25, -0.2) is 19.9 Å². The van der Waals surface area contributed by atoms with Crippen molar-refractivity contribution in [2.45, 2.75) is 0 Å². The predicted octanol–water partition coefficient (Wildman–Crippen LogP) is 11.5. The van der Waals surface area contributed by atoms with Gasteiger partial charge in [-0.1, -0.05) is 24.3 Å². The van der Waals surface area contributed by atoms with Crippen molar-refractivity contribution in [2.75, 3.05) is 21.3 Å². The van der Waals surface area contributed by atoms with Gasteiger partial charge in [-0.3, -0.25) is 0 Å². The largest absolute Gasteiger partial charge is 0.457 e. The molecule has 0 atom stereocenters. The number of aromatic nitrogens is 4. The molecule has 4 N–H and O–H groups in total. The Bertz CT molecular complexity index is 1950. The Morgan fingerprint density at radius 3 is 0.667 bits per heavy atom. The fourth-order valence-electron chi connectivity index (χ4n) is 5.04. The number of benzene rings is 4. The molecular weight excluding hydrogens is 673 g/mol. The first-order valence-corrected chi connectivity index (χ1v) is 17.2. The van der Waals surface area contributed by atoms with Crippen molar-refractivity contribution in [3.8, 4) is 23.0 Å². The van der Waals surface area contributed by atoms with Crippen LogP contribution < -0.4 is 30.7 Å². The van der Waals surface area contributed by atoms with Gasteiger partial charge in [0.2, 0.25) is 0 Å². The molecular formula is C44H36N8O2. The summed E-state index contributed by atoms with van der Waals surface area (Å²) < 4.78 is 11.8. The van der Waals surface area contributed by atoms with Crippen molar-refractivity contribution in [1.29, 1.82) is 0 Å². The molecule has 0 bridgehead atoms. The highest BCUT2D eigenvalue weighted by Crippen LogP contribution is 2.28. The van der Waals surface area contributed by atoms with Crippen molar-refractivity contribution < 1.29 is 9.47 Å². The van der Waals surface area contributed by atoms with Gasteiger partial charge in [0.15, 0.2) is 0 Å². The van der Waals surface area contributed by atoms with Crippen molar-refractivity contribution in [3.63, 3.8) is 0 Å². The van der Waals surface area contributed by atoms with Gasteiger partial charge < -0.3 is 30.7 Å². The highest BCUT2D eigenvalue weighted by molar-refractivity contribution is 5.60. The van der Waals surface area contributed by atoms with E-state index in [1.54, 1.807) is 24.8 Å². The minimum absolute atomic E-state index is 0.770. The maximum Gasteiger partial charge on any atom is 0.130 e. The molecule has 0 aliphatic rings. The van der Waals surface area contributed by atoms with E-state index in [0.717, 1.165) is 69.0 Å². The summed E-state index contributed by atoms with van der Waals surface area (Å²) in [6, 6.07) is 54.1. The van der Waals surface area contributed by atoms with Crippen LogP contribution in [0.25, 0.3) is 0 Å². The minimum Gasteiger partial charge on any atom is -0.457 e. The van der Waals surface area contributed by atoms with Gasteiger partial charge in [-0.2, -0.15) is 0 Å². The molecule has 0 fully saturated rings. The van der Waals surface area contributed by atoms with E-state index in [9.17, 15) is 0 Å². The lowest BCUT2D eigenvalue weighted by atomic mass is 10.2. The van der Waals surface area contributed by atoms with Crippen LogP contribution in [0.3, 0.4) is 0 Å². The fourth-order valence-corrected chi connectivity index (χ4v) is 5.04. The normalized spacial score (nSPS) is 10.2. The molecule has 10 heteroatoms. The van der Waals surface area contributed by atoms with Gasteiger partial charge in [0.25, 0.3) is 0 Å². The Kier molecular flexibility index (Phi) is 11.6. The topological polar surface area (TPSA) is 118 Å². The number of nitrogens with zero attached hydrogens (tertiary/aromatic N) is 4. The molecule has 0 aliphatic heterocycles. The van der Waals surface area contributed by atoms with Crippen LogP contribution in [-0.4, -0.2) is 19.9 Å². The zero-order valence-electron chi connectivity index (χ0n) is 29.1. The van der Waals surface area contributed by atoms with Crippen LogP contribution in [0.1, 0.15) is 0 Å². The van der Waals surface area contributed by atoms with E-state index in [2.05, 4.69) is 41.2 Å². The van der Waals surface area contributed by atoms with Gasteiger partial charge in [0.1, 0.15) is 46.3 Å². The molecule has 4 heterocycles. The summed E-state index contributed by atoms with van der Waals surface area (Å²) in [6.07, 6.45) is 7.02. The molecule has 264 valence electrons. The Morgan fingerprint density at radius 2 is 0.481 bits per heavy atom. The number of ether oxygens (including phenoxy) is 2. The Morgan fingerprint density at radius 1 is 0.259 bits per heavy atom. The molecule has 0 amide bonds. The van der Waals surface area contributed by atoms with E-state index in [4.69, 9.17) is 9.47 Å². The SMILES string of the molecule is c1ccc(Nc2ccc(Oc3ccc(Nc4ccccn4)cc3)cc2)nc1.c1ccc(Nc2ccc(Oc3ccc(Nc4ccccn4)cc3)cc2)nc1. The monoisotopic (exact) mass is 708 g/mol. The van der Waals surface area contributed by atoms with Crippen LogP contribution in [0.5, 0.6) is 23.0 Å². The van der Waals surface area contributed by atoms with Crippen LogP contribution in [0.2, 0.25) is 0 Å². The molecule has 4 aromatic heterocycles. The second-order valence-corrected chi connectivity index (χ2v) is 11.7. The van der Waals surface area contributed by atoms with Gasteiger partial charge in [0.05, 0.1) is 0 Å². The van der Waals surface area contributed by atoms with Gasteiger partial charge >= 0.3 is 0 Å². The fraction of sp³-hybridized carbons (Fsp3) is 0. The summed E-state index contributed by atoms with van der Waals surface area (Å²) in [5.74, 6) is 6.31. The zero-order chi connectivity index (χ0) is 36.6. The van der Waals surface area contributed by atoms with E-state index < -0.39 is 0 Å². The van der Waals surface area contributed by atoms with E-state index in [0.29, 0.717) is 0 Å². The van der Waals surface area contributed by atoms with E-state index in [1.165, 1.54) is 0 Å². The summed E-state index contributed by atoms with van der Waals surface area (Å²) >= 11 is 0. The van der Waals surface area contributed by atoms with Crippen molar-refractivity contribution in [2.24, 2.45) is 0 Å². The second kappa shape index (κ2) is 18.0. The minimum atomic E-state index is 0.770. The number of anilines is 8. The number of hydrogen-bond acceptors (Lipinski definition) is 10. The summed E-state index contributed by atoms with van der Waals surface area (Å²) in [5.41, 5.74) is 3.82. The highest BCUT2D eigenvalue weighted by atomic mass is 16.5. The number of pyridine rings is 4. The lowest BCUT2D eigenvalue weighted by Crippen LogP contribution is -1.93. The first kappa shape index (κ1) is 34.7. The maximum absolute atomic E-state index is 5.90. The molecule has 0 saturated heterocycles. The predicted molar refractivity (Wildman–Crippen MR) is 216 cm³/mol. The third-order valence-electron chi connectivity index (χ3n) is 7.64. The molecule has 0 aliphatic carbocycles. The van der Waals surface area contributed by atoms with Crippen LogP contribution >= 0.6 is 0 Å². The van der Waals surface area contributed by atoms with Crippen molar-refractivity contribution >= 4 is 46.0 Å². The van der Waals surface area contributed by atoms with Crippen LogP contribution in [-0.2, 0) is 0 Å². The van der Waals surface area contributed by atoms with E-state index in [1.807, 2.05) is 170 Å². The molecule has 0 radical (unpaired) electrons. The number of nitrogens with one attached hydrogen (secondary N) is 4. The Labute approximate surface area is 313 Å². The summed E-state index contributed by atoms with van der Waals surface area (Å²) in [7, 11) is 0. The molecule has 8 rings (SSSR count). The molecule has 0 unspecified atom stereocenters. The smallest absolute Gasteiger partial charge is 0.130 e. The number of rotatable bonds is 12. The summed E-state index contributed by atoms with van der Waals surface area (Å²) in [5, 5.41) is 13.0. The van der Waals surface area contributed by atoms with Gasteiger partial charge in [0, 0.05) is 47.5 Å². The quantitative estimate of drug-likeness (QED) is 0.0976. The molecule has 54 heavy (non-hydrogen) atoms. The molecule has 8 aromatic rings. The van der Waals surface area contributed by atoms with Gasteiger partial charge in [-0.15, -0.1) is 0 Å². The highest BCUT2D eigenvalue weighted by Gasteiger charge is 2.03. The summed E-state index contributed by atoms with van der Waals surface area (Å²) in [6.45, 7) is 0. The lowest BCUT2D eigenvalue weighted by Gasteiger charge is -2.09.